The fraction of sp³-hybridized carbons (Fsp3) is 0.824. The summed E-state index contributed by atoms with van der Waals surface area (Å²) in [6, 6.07) is 0. The quantitative estimate of drug-likeness (QED) is 0.405. The highest BCUT2D eigenvalue weighted by Crippen LogP contribution is 2.19. The fourth-order valence-corrected chi connectivity index (χ4v) is 2.21. The van der Waals surface area contributed by atoms with Crippen LogP contribution >= 0.6 is 0 Å². The van der Waals surface area contributed by atoms with E-state index >= 15 is 0 Å². The molecule has 0 radical (unpaired) electrons. The van der Waals surface area contributed by atoms with Crippen LogP contribution in [0.1, 0.15) is 73.1 Å². The van der Waals surface area contributed by atoms with Crippen LogP contribution in [-0.2, 0) is 9.53 Å². The molecule has 1 atom stereocenters. The summed E-state index contributed by atoms with van der Waals surface area (Å²) in [7, 11) is 0. The Labute approximate surface area is 119 Å². The van der Waals surface area contributed by atoms with Crippen LogP contribution in [0.4, 0.5) is 0 Å². The second-order valence-electron chi connectivity index (χ2n) is 6.06. The summed E-state index contributed by atoms with van der Waals surface area (Å²) in [5.41, 5.74) is 1.13. The number of ether oxygens (including phenoxy) is 1. The first-order valence-corrected chi connectivity index (χ1v) is 7.79. The third-order valence-corrected chi connectivity index (χ3v) is 3.40. The van der Waals surface area contributed by atoms with Gasteiger partial charge in [0.2, 0.25) is 0 Å². The molecule has 0 spiro atoms. The van der Waals surface area contributed by atoms with Gasteiger partial charge < -0.3 is 4.74 Å². The van der Waals surface area contributed by atoms with E-state index in [1.165, 1.54) is 32.1 Å². The Morgan fingerprint density at radius 2 is 1.74 bits per heavy atom. The normalized spacial score (nSPS) is 13.7. The molecule has 0 aromatic carbocycles. The minimum atomic E-state index is -0.204. The van der Waals surface area contributed by atoms with Gasteiger partial charge in [0.25, 0.3) is 0 Å². The zero-order valence-corrected chi connectivity index (χ0v) is 13.5. The van der Waals surface area contributed by atoms with Crippen LogP contribution in [-0.4, -0.2) is 12.6 Å². The van der Waals surface area contributed by atoms with Crippen molar-refractivity contribution in [2.75, 3.05) is 6.61 Å². The van der Waals surface area contributed by atoms with Gasteiger partial charge in [-0.1, -0.05) is 52.0 Å². The molecule has 0 saturated heterocycles. The maximum atomic E-state index is 11.3. The van der Waals surface area contributed by atoms with E-state index in [0.717, 1.165) is 23.8 Å². The molecule has 0 N–H and O–H groups in total. The molecule has 112 valence electrons. The molecule has 0 aromatic heterocycles. The molecule has 0 aromatic rings. The smallest absolute Gasteiger partial charge is 0.330 e. The van der Waals surface area contributed by atoms with Crippen LogP contribution in [0, 0.1) is 11.8 Å². The molecule has 19 heavy (non-hydrogen) atoms. The van der Waals surface area contributed by atoms with Gasteiger partial charge in [-0.05, 0) is 38.5 Å². The van der Waals surface area contributed by atoms with E-state index in [-0.39, 0.29) is 5.97 Å². The lowest BCUT2D eigenvalue weighted by atomic mass is 9.94. The minimum absolute atomic E-state index is 0.204. The van der Waals surface area contributed by atoms with Gasteiger partial charge in [0.15, 0.2) is 0 Å². The third kappa shape index (κ3) is 12.0. The standard InChI is InChI=1S/C17H32O2/c1-6-19-17(18)13-16(5)12-8-11-15(4)10-7-9-14(2)3/h13-15H,6-12H2,1-5H3/b16-13-. The van der Waals surface area contributed by atoms with Gasteiger partial charge in [-0.15, -0.1) is 0 Å². The Hall–Kier alpha value is -0.790. The summed E-state index contributed by atoms with van der Waals surface area (Å²) < 4.78 is 4.90. The number of esters is 1. The van der Waals surface area contributed by atoms with Crippen molar-refractivity contribution in [1.82, 2.24) is 0 Å². The number of carbonyl (C=O) groups is 1. The summed E-state index contributed by atoms with van der Waals surface area (Å²) in [6.45, 7) is 11.2. The Balaban J connectivity index is 3.68. The molecule has 2 nitrogen and oxygen atoms in total. The van der Waals surface area contributed by atoms with Gasteiger partial charge in [-0.2, -0.15) is 0 Å². The summed E-state index contributed by atoms with van der Waals surface area (Å²) >= 11 is 0. The molecule has 0 heterocycles. The van der Waals surface area contributed by atoms with E-state index < -0.39 is 0 Å². The fourth-order valence-electron chi connectivity index (χ4n) is 2.21. The van der Waals surface area contributed by atoms with E-state index in [9.17, 15) is 4.79 Å². The van der Waals surface area contributed by atoms with E-state index in [4.69, 9.17) is 4.74 Å². The molecule has 1 unspecified atom stereocenters. The number of hydrogen-bond acceptors (Lipinski definition) is 2. The van der Waals surface area contributed by atoms with E-state index in [1.807, 2.05) is 13.8 Å². The van der Waals surface area contributed by atoms with Crippen molar-refractivity contribution in [2.45, 2.75) is 73.1 Å². The first-order valence-electron chi connectivity index (χ1n) is 7.79. The van der Waals surface area contributed by atoms with Gasteiger partial charge in [0, 0.05) is 6.08 Å². The third-order valence-electron chi connectivity index (χ3n) is 3.40. The van der Waals surface area contributed by atoms with Gasteiger partial charge in [-0.25, -0.2) is 4.79 Å². The van der Waals surface area contributed by atoms with Gasteiger partial charge in [-0.3, -0.25) is 0 Å². The Morgan fingerprint density at radius 1 is 1.11 bits per heavy atom. The first kappa shape index (κ1) is 18.2. The Bertz CT molecular complexity index is 266. The average Bonchev–Trinajstić information content (AvgIpc) is 2.28. The molecule has 0 fully saturated rings. The van der Waals surface area contributed by atoms with E-state index in [2.05, 4.69) is 20.8 Å². The Morgan fingerprint density at radius 3 is 2.32 bits per heavy atom. The van der Waals surface area contributed by atoms with Crippen LogP contribution < -0.4 is 0 Å². The molecular weight excluding hydrogens is 236 g/mol. The van der Waals surface area contributed by atoms with Crippen molar-refractivity contribution < 1.29 is 9.53 Å². The topological polar surface area (TPSA) is 26.3 Å². The zero-order valence-electron chi connectivity index (χ0n) is 13.5. The first-order chi connectivity index (χ1) is 8.95. The van der Waals surface area contributed by atoms with Crippen molar-refractivity contribution >= 4 is 5.97 Å². The van der Waals surface area contributed by atoms with E-state index in [0.29, 0.717) is 6.61 Å². The molecule has 0 aliphatic heterocycles. The molecule has 0 bridgehead atoms. The van der Waals surface area contributed by atoms with Gasteiger partial charge in [0.1, 0.15) is 0 Å². The second kappa shape index (κ2) is 11.1. The van der Waals surface area contributed by atoms with Crippen molar-refractivity contribution in [3.05, 3.63) is 11.6 Å². The monoisotopic (exact) mass is 268 g/mol. The predicted octanol–water partition coefficient (Wildman–Crippen LogP) is 5.13. The maximum Gasteiger partial charge on any atom is 0.330 e. The van der Waals surface area contributed by atoms with Crippen molar-refractivity contribution in [3.8, 4) is 0 Å². The predicted molar refractivity (Wildman–Crippen MR) is 82.1 cm³/mol. The largest absolute Gasteiger partial charge is 0.463 e. The number of carbonyl (C=O) groups excluding carboxylic acids is 1. The summed E-state index contributed by atoms with van der Waals surface area (Å²) in [4.78, 5) is 11.3. The van der Waals surface area contributed by atoms with Crippen molar-refractivity contribution in [1.29, 1.82) is 0 Å². The number of rotatable bonds is 10. The summed E-state index contributed by atoms with van der Waals surface area (Å²) in [5, 5.41) is 0. The molecule has 0 aliphatic carbocycles. The van der Waals surface area contributed by atoms with Crippen LogP contribution in [0.5, 0.6) is 0 Å². The zero-order chi connectivity index (χ0) is 14.7. The van der Waals surface area contributed by atoms with Crippen LogP contribution in [0.25, 0.3) is 0 Å². The molecular formula is C17H32O2. The second-order valence-corrected chi connectivity index (χ2v) is 6.06. The lowest BCUT2D eigenvalue weighted by Crippen LogP contribution is -2.01. The summed E-state index contributed by atoms with van der Waals surface area (Å²) in [5.74, 6) is 1.42. The average molecular weight is 268 g/mol. The minimum Gasteiger partial charge on any atom is -0.463 e. The molecule has 0 rings (SSSR count). The molecule has 0 aliphatic rings. The van der Waals surface area contributed by atoms with Gasteiger partial charge in [0.05, 0.1) is 6.61 Å². The van der Waals surface area contributed by atoms with E-state index in [1.54, 1.807) is 6.08 Å². The van der Waals surface area contributed by atoms with Crippen LogP contribution in [0.3, 0.4) is 0 Å². The highest BCUT2D eigenvalue weighted by atomic mass is 16.5. The number of allylic oxidation sites excluding steroid dienone is 1. The van der Waals surface area contributed by atoms with Crippen LogP contribution in [0.2, 0.25) is 0 Å². The lowest BCUT2D eigenvalue weighted by molar-refractivity contribution is -0.137. The summed E-state index contributed by atoms with van der Waals surface area (Å²) in [6.07, 6.45) is 9.08. The maximum absolute atomic E-state index is 11.3. The highest BCUT2D eigenvalue weighted by Gasteiger charge is 2.04. The SMILES string of the molecule is CCOC(=O)/C=C(/C)CCCC(C)CCCC(C)C. The van der Waals surface area contributed by atoms with Crippen molar-refractivity contribution in [3.63, 3.8) is 0 Å². The number of hydrogen-bond donors (Lipinski definition) is 0. The molecule has 0 amide bonds. The lowest BCUT2D eigenvalue weighted by Gasteiger charge is -2.12. The molecule has 0 saturated carbocycles. The van der Waals surface area contributed by atoms with Crippen molar-refractivity contribution in [2.24, 2.45) is 11.8 Å². The molecule has 2 heteroatoms. The Kier molecular flexibility index (Phi) is 10.6. The van der Waals surface area contributed by atoms with Crippen LogP contribution in [0.15, 0.2) is 11.6 Å². The highest BCUT2D eigenvalue weighted by molar-refractivity contribution is 5.82. The van der Waals surface area contributed by atoms with Gasteiger partial charge >= 0.3 is 5.97 Å².